The molecule has 160 valence electrons. The third kappa shape index (κ3) is 3.93. The molecule has 0 aliphatic carbocycles. The summed E-state index contributed by atoms with van der Waals surface area (Å²) in [7, 11) is 0. The van der Waals surface area contributed by atoms with Gasteiger partial charge in [-0.3, -0.25) is 9.48 Å². The molecule has 10 nitrogen and oxygen atoms in total. The van der Waals surface area contributed by atoms with Gasteiger partial charge in [0.2, 0.25) is 5.88 Å². The summed E-state index contributed by atoms with van der Waals surface area (Å²) in [6, 6.07) is 3.54. The van der Waals surface area contributed by atoms with E-state index >= 15 is 0 Å². The van der Waals surface area contributed by atoms with Crippen LogP contribution in [-0.4, -0.2) is 54.6 Å². The molecule has 1 aliphatic rings. The summed E-state index contributed by atoms with van der Waals surface area (Å²) in [5.41, 5.74) is 1.95. The fourth-order valence-electron chi connectivity index (χ4n) is 3.66. The Morgan fingerprint density at radius 1 is 1.42 bits per heavy atom. The molecule has 1 aliphatic heterocycles. The normalized spacial score (nSPS) is 16.4. The summed E-state index contributed by atoms with van der Waals surface area (Å²) in [6.45, 7) is 6.07. The number of anilines is 1. The Morgan fingerprint density at radius 3 is 3.13 bits per heavy atom. The van der Waals surface area contributed by atoms with Crippen molar-refractivity contribution < 1.29 is 14.3 Å². The molecular weight excluding hydrogens is 398 g/mol. The standard InChI is InChI=1S/C21H23N7O3/c1-13(2)31-21-16(20(29)24-17-9-23-28-6-3-5-22-19(17)28)8-15-11-27(26-18(15)25-21)10-14-4-7-30-12-14/h3,5-6,8-9,11,13-14H,4,7,10,12H2,1-2H3,(H,24,29)/t14-/m0/s1. The van der Waals surface area contributed by atoms with Crippen molar-refractivity contribution in [1.82, 2.24) is 29.4 Å². The number of amides is 1. The second-order valence-corrected chi connectivity index (χ2v) is 7.90. The molecule has 0 saturated carbocycles. The second kappa shape index (κ2) is 7.95. The van der Waals surface area contributed by atoms with Gasteiger partial charge in [0, 0.05) is 43.0 Å². The molecule has 5 heterocycles. The average Bonchev–Trinajstić information content (AvgIpc) is 3.47. The van der Waals surface area contributed by atoms with Crippen molar-refractivity contribution in [3.63, 3.8) is 0 Å². The Hall–Kier alpha value is -3.53. The van der Waals surface area contributed by atoms with E-state index in [-0.39, 0.29) is 17.9 Å². The number of carbonyl (C=O) groups excluding carboxylic acids is 1. The van der Waals surface area contributed by atoms with Gasteiger partial charge in [-0.25, -0.2) is 9.50 Å². The molecule has 1 atom stereocenters. The van der Waals surface area contributed by atoms with Crippen LogP contribution < -0.4 is 10.1 Å². The van der Waals surface area contributed by atoms with Crippen molar-refractivity contribution >= 4 is 28.3 Å². The molecule has 10 heteroatoms. The minimum absolute atomic E-state index is 0.145. The van der Waals surface area contributed by atoms with E-state index in [2.05, 4.69) is 25.5 Å². The van der Waals surface area contributed by atoms with E-state index in [4.69, 9.17) is 9.47 Å². The minimum atomic E-state index is -0.345. The molecule has 1 N–H and O–H groups in total. The van der Waals surface area contributed by atoms with Crippen LogP contribution in [0.15, 0.2) is 36.9 Å². The Bertz CT molecular complexity index is 1240. The van der Waals surface area contributed by atoms with E-state index in [1.807, 2.05) is 24.7 Å². The Labute approximate surface area is 178 Å². The molecule has 1 fully saturated rings. The summed E-state index contributed by atoms with van der Waals surface area (Å²) < 4.78 is 14.8. The highest BCUT2D eigenvalue weighted by Gasteiger charge is 2.21. The zero-order valence-electron chi connectivity index (χ0n) is 17.4. The smallest absolute Gasteiger partial charge is 0.261 e. The lowest BCUT2D eigenvalue weighted by molar-refractivity contribution is 0.102. The zero-order chi connectivity index (χ0) is 21.4. The summed E-state index contributed by atoms with van der Waals surface area (Å²) in [6.07, 6.45) is 7.77. The van der Waals surface area contributed by atoms with Crippen molar-refractivity contribution in [2.75, 3.05) is 18.5 Å². The number of aromatic nitrogens is 6. The Kier molecular flexibility index (Phi) is 4.99. The minimum Gasteiger partial charge on any atom is -0.474 e. The van der Waals surface area contributed by atoms with Crippen molar-refractivity contribution in [3.05, 3.63) is 42.5 Å². The van der Waals surface area contributed by atoms with Gasteiger partial charge in [0.1, 0.15) is 11.3 Å². The molecular formula is C21H23N7O3. The highest BCUT2D eigenvalue weighted by atomic mass is 16.5. The molecule has 4 aromatic rings. The van der Waals surface area contributed by atoms with Crippen LogP contribution in [0.3, 0.4) is 0 Å². The largest absolute Gasteiger partial charge is 0.474 e. The predicted octanol–water partition coefficient (Wildman–Crippen LogP) is 2.55. The van der Waals surface area contributed by atoms with Gasteiger partial charge in [-0.1, -0.05) is 0 Å². The first-order chi connectivity index (χ1) is 15.1. The van der Waals surface area contributed by atoms with Crippen molar-refractivity contribution in [2.24, 2.45) is 5.92 Å². The highest BCUT2D eigenvalue weighted by Crippen LogP contribution is 2.25. The molecule has 1 amide bonds. The summed E-state index contributed by atoms with van der Waals surface area (Å²) in [4.78, 5) is 22.0. The van der Waals surface area contributed by atoms with Gasteiger partial charge in [0.25, 0.3) is 5.91 Å². The van der Waals surface area contributed by atoms with Gasteiger partial charge >= 0.3 is 0 Å². The molecule has 5 rings (SSSR count). The molecule has 4 aromatic heterocycles. The number of hydrogen-bond acceptors (Lipinski definition) is 7. The van der Waals surface area contributed by atoms with E-state index in [0.29, 0.717) is 28.5 Å². The van der Waals surface area contributed by atoms with Crippen molar-refractivity contribution in [2.45, 2.75) is 32.9 Å². The van der Waals surface area contributed by atoms with Crippen LogP contribution in [0, 0.1) is 5.92 Å². The van der Waals surface area contributed by atoms with Crippen molar-refractivity contribution in [1.29, 1.82) is 0 Å². The van der Waals surface area contributed by atoms with E-state index in [1.54, 1.807) is 35.2 Å². The third-order valence-electron chi connectivity index (χ3n) is 5.10. The summed E-state index contributed by atoms with van der Waals surface area (Å²) in [5, 5.41) is 12.4. The fourth-order valence-corrected chi connectivity index (χ4v) is 3.66. The van der Waals surface area contributed by atoms with E-state index in [1.165, 1.54) is 0 Å². The number of ether oxygens (including phenoxy) is 2. The fraction of sp³-hybridized carbons (Fsp3) is 0.381. The molecule has 0 spiro atoms. The van der Waals surface area contributed by atoms with Gasteiger partial charge in [0.15, 0.2) is 11.3 Å². The first kappa shape index (κ1) is 19.4. The van der Waals surface area contributed by atoms with Gasteiger partial charge < -0.3 is 14.8 Å². The topological polar surface area (TPSA) is 108 Å². The van der Waals surface area contributed by atoms with E-state index < -0.39 is 0 Å². The number of rotatable bonds is 6. The van der Waals surface area contributed by atoms with Crippen LogP contribution in [-0.2, 0) is 11.3 Å². The number of nitrogens with one attached hydrogen (secondary N) is 1. The van der Waals surface area contributed by atoms with Gasteiger partial charge in [0.05, 0.1) is 18.9 Å². The molecule has 0 bridgehead atoms. The molecule has 31 heavy (non-hydrogen) atoms. The van der Waals surface area contributed by atoms with Crippen LogP contribution >= 0.6 is 0 Å². The van der Waals surface area contributed by atoms with Crippen LogP contribution in [0.2, 0.25) is 0 Å². The van der Waals surface area contributed by atoms with Gasteiger partial charge in [-0.2, -0.15) is 15.2 Å². The van der Waals surface area contributed by atoms with Gasteiger partial charge in [-0.15, -0.1) is 0 Å². The first-order valence-electron chi connectivity index (χ1n) is 10.3. The number of fused-ring (bicyclic) bond motifs is 2. The second-order valence-electron chi connectivity index (χ2n) is 7.90. The molecule has 0 aromatic carbocycles. The molecule has 1 saturated heterocycles. The van der Waals surface area contributed by atoms with Crippen LogP contribution in [0.1, 0.15) is 30.6 Å². The number of hydrogen-bond donors (Lipinski definition) is 1. The number of nitrogens with zero attached hydrogens (tertiary/aromatic N) is 6. The Morgan fingerprint density at radius 2 is 2.32 bits per heavy atom. The lowest BCUT2D eigenvalue weighted by atomic mass is 10.1. The van der Waals surface area contributed by atoms with E-state index in [0.717, 1.165) is 31.6 Å². The Balaban J connectivity index is 1.48. The van der Waals surface area contributed by atoms with E-state index in [9.17, 15) is 4.79 Å². The van der Waals surface area contributed by atoms with Crippen molar-refractivity contribution in [3.8, 4) is 5.88 Å². The quantitative estimate of drug-likeness (QED) is 0.510. The predicted molar refractivity (Wildman–Crippen MR) is 113 cm³/mol. The monoisotopic (exact) mass is 421 g/mol. The lowest BCUT2D eigenvalue weighted by Gasteiger charge is -2.12. The average molecular weight is 421 g/mol. The molecule has 0 radical (unpaired) electrons. The first-order valence-corrected chi connectivity index (χ1v) is 10.3. The highest BCUT2D eigenvalue weighted by molar-refractivity contribution is 6.08. The SMILES string of the molecule is CC(C)Oc1nc2nn(C[C@@H]3CCOC3)cc2cc1C(=O)Nc1cnn2cccnc12. The summed E-state index contributed by atoms with van der Waals surface area (Å²) >= 11 is 0. The molecule has 0 unspecified atom stereocenters. The number of pyridine rings is 1. The maximum atomic E-state index is 13.1. The zero-order valence-corrected chi connectivity index (χ0v) is 17.4. The summed E-state index contributed by atoms with van der Waals surface area (Å²) in [5.74, 6) is 0.341. The van der Waals surface area contributed by atoms with Crippen LogP contribution in [0.4, 0.5) is 5.69 Å². The maximum absolute atomic E-state index is 13.1. The maximum Gasteiger partial charge on any atom is 0.261 e. The van der Waals surface area contributed by atoms with Crippen LogP contribution in [0.5, 0.6) is 5.88 Å². The number of carbonyl (C=O) groups is 1. The van der Waals surface area contributed by atoms with Crippen LogP contribution in [0.25, 0.3) is 16.7 Å². The lowest BCUT2D eigenvalue weighted by Crippen LogP contribution is -2.17. The third-order valence-corrected chi connectivity index (χ3v) is 5.10. The van der Waals surface area contributed by atoms with Gasteiger partial charge in [-0.05, 0) is 32.4 Å².